The van der Waals surface area contributed by atoms with Crippen LogP contribution >= 0.6 is 24.8 Å². The van der Waals surface area contributed by atoms with Gasteiger partial charge >= 0.3 is 0 Å². The molecule has 1 saturated carbocycles. The highest BCUT2D eigenvalue weighted by Gasteiger charge is 2.26. The van der Waals surface area contributed by atoms with Crippen LogP contribution in [0.3, 0.4) is 0 Å². The van der Waals surface area contributed by atoms with Gasteiger partial charge < -0.3 is 11.5 Å². The van der Waals surface area contributed by atoms with Crippen molar-refractivity contribution in [2.75, 3.05) is 6.54 Å². The Kier molecular flexibility index (Phi) is 7.18. The van der Waals surface area contributed by atoms with Crippen LogP contribution in [0.4, 0.5) is 0 Å². The first-order chi connectivity index (χ1) is 3.34. The molecule has 0 aromatic rings. The fraction of sp³-hybridized carbons (Fsp3) is 1.00. The Morgan fingerprint density at radius 1 is 1.33 bits per heavy atom. The van der Waals surface area contributed by atoms with Crippen molar-refractivity contribution in [2.45, 2.75) is 18.9 Å². The number of hydrogen-bond donors (Lipinski definition) is 2. The molecule has 2 nitrogen and oxygen atoms in total. The van der Waals surface area contributed by atoms with E-state index >= 15 is 0 Å². The highest BCUT2D eigenvalue weighted by atomic mass is 35.5. The molecule has 0 aromatic heterocycles. The topological polar surface area (TPSA) is 52.0 Å². The quantitative estimate of drug-likeness (QED) is 0.639. The van der Waals surface area contributed by atoms with Gasteiger partial charge in [-0.05, 0) is 18.8 Å². The van der Waals surface area contributed by atoms with E-state index in [-0.39, 0.29) is 24.8 Å². The summed E-state index contributed by atoms with van der Waals surface area (Å²) in [4.78, 5) is 0. The van der Waals surface area contributed by atoms with Gasteiger partial charge in [0.1, 0.15) is 0 Å². The number of nitrogens with two attached hydrogens (primary N) is 2. The van der Waals surface area contributed by atoms with Gasteiger partial charge in [-0.15, -0.1) is 24.8 Å². The Bertz CT molecular complexity index is 66.0. The third-order valence-corrected chi connectivity index (χ3v) is 1.50. The van der Waals surface area contributed by atoms with Gasteiger partial charge in [0.15, 0.2) is 0 Å². The van der Waals surface area contributed by atoms with Crippen LogP contribution in [0.15, 0.2) is 0 Å². The molecule has 0 aromatic carbocycles. The lowest BCUT2D eigenvalue weighted by atomic mass is 10.2. The first-order valence-electron chi connectivity index (χ1n) is 2.80. The minimum absolute atomic E-state index is 0. The Morgan fingerprint density at radius 2 is 1.78 bits per heavy atom. The summed E-state index contributed by atoms with van der Waals surface area (Å²) in [6, 6.07) is 0.292. The highest BCUT2D eigenvalue weighted by molar-refractivity contribution is 5.85. The van der Waals surface area contributed by atoms with Gasteiger partial charge in [-0.25, -0.2) is 0 Å². The lowest BCUT2D eigenvalue weighted by molar-refractivity contribution is 0.605. The molecule has 4 N–H and O–H groups in total. The molecule has 0 amide bonds. The Balaban J connectivity index is 0. The van der Waals surface area contributed by atoms with Crippen molar-refractivity contribution in [3.05, 3.63) is 0 Å². The van der Waals surface area contributed by atoms with Crippen LogP contribution in [0.1, 0.15) is 12.8 Å². The van der Waals surface area contributed by atoms with E-state index in [2.05, 4.69) is 0 Å². The molecule has 1 aliphatic carbocycles. The van der Waals surface area contributed by atoms with Gasteiger partial charge in [-0.1, -0.05) is 0 Å². The summed E-state index contributed by atoms with van der Waals surface area (Å²) in [5, 5.41) is 0. The fourth-order valence-electron chi connectivity index (χ4n) is 0.717. The molecule has 9 heavy (non-hydrogen) atoms. The molecule has 0 heterocycles. The zero-order chi connectivity index (χ0) is 5.28. The van der Waals surface area contributed by atoms with Crippen LogP contribution in [-0.2, 0) is 0 Å². The average Bonchev–Trinajstić information content (AvgIpc) is 2.44. The molecule has 1 aliphatic rings. The molecule has 0 spiro atoms. The summed E-state index contributed by atoms with van der Waals surface area (Å²) in [5.41, 5.74) is 10.8. The number of hydrogen-bond acceptors (Lipinski definition) is 2. The summed E-state index contributed by atoms with van der Waals surface area (Å²) in [6.07, 6.45) is 2.61. The first kappa shape index (κ1) is 12.2. The maximum absolute atomic E-state index is 5.55. The Hall–Kier alpha value is 0.500. The van der Waals surface area contributed by atoms with Crippen molar-refractivity contribution in [1.29, 1.82) is 0 Å². The van der Waals surface area contributed by atoms with Gasteiger partial charge in [0.05, 0.1) is 0 Å². The summed E-state index contributed by atoms with van der Waals surface area (Å²) in [6.45, 7) is 0.657. The average molecular weight is 173 g/mol. The fourth-order valence-corrected chi connectivity index (χ4v) is 0.717. The maximum Gasteiger partial charge on any atom is 0.0191 e. The summed E-state index contributed by atoms with van der Waals surface area (Å²) >= 11 is 0. The van der Waals surface area contributed by atoms with E-state index in [1.54, 1.807) is 0 Å². The highest BCUT2D eigenvalue weighted by Crippen LogP contribution is 2.30. The van der Waals surface area contributed by atoms with Crippen molar-refractivity contribution < 1.29 is 0 Å². The zero-order valence-corrected chi connectivity index (χ0v) is 6.88. The van der Waals surface area contributed by atoms with Crippen molar-refractivity contribution in [2.24, 2.45) is 17.4 Å². The summed E-state index contributed by atoms with van der Waals surface area (Å²) in [5.74, 6) is 0.769. The molecule has 1 unspecified atom stereocenters. The molecule has 1 atom stereocenters. The summed E-state index contributed by atoms with van der Waals surface area (Å²) in [7, 11) is 0. The minimum Gasteiger partial charge on any atom is -0.329 e. The standard InChI is InChI=1S/C5H12N2.2ClH/c6-3-5(7)4-1-2-4;;/h4-5H,1-3,6-7H2;2*1H. The largest absolute Gasteiger partial charge is 0.329 e. The van der Waals surface area contributed by atoms with Crippen LogP contribution < -0.4 is 11.5 Å². The molecule has 1 rings (SSSR count). The monoisotopic (exact) mass is 172 g/mol. The van der Waals surface area contributed by atoms with Gasteiger partial charge in [-0.3, -0.25) is 0 Å². The second-order valence-corrected chi connectivity index (χ2v) is 2.24. The van der Waals surface area contributed by atoms with Gasteiger partial charge in [-0.2, -0.15) is 0 Å². The molecular formula is C5H14Cl2N2. The molecule has 0 aliphatic heterocycles. The van der Waals surface area contributed by atoms with Crippen LogP contribution in [0.5, 0.6) is 0 Å². The van der Waals surface area contributed by atoms with Crippen LogP contribution in [0, 0.1) is 5.92 Å². The molecule has 4 heteroatoms. The molecule has 0 radical (unpaired) electrons. The van der Waals surface area contributed by atoms with E-state index in [1.165, 1.54) is 12.8 Å². The second kappa shape index (κ2) is 5.30. The molecular weight excluding hydrogens is 159 g/mol. The van der Waals surface area contributed by atoms with Gasteiger partial charge in [0.2, 0.25) is 0 Å². The summed E-state index contributed by atoms with van der Waals surface area (Å²) < 4.78 is 0. The van der Waals surface area contributed by atoms with Crippen molar-refractivity contribution in [1.82, 2.24) is 0 Å². The van der Waals surface area contributed by atoms with E-state index in [9.17, 15) is 0 Å². The van der Waals surface area contributed by atoms with Crippen molar-refractivity contribution in [3.63, 3.8) is 0 Å². The van der Waals surface area contributed by atoms with E-state index < -0.39 is 0 Å². The van der Waals surface area contributed by atoms with Crippen molar-refractivity contribution >= 4 is 24.8 Å². The van der Waals surface area contributed by atoms with E-state index in [1.807, 2.05) is 0 Å². The maximum atomic E-state index is 5.55. The lowest BCUT2D eigenvalue weighted by Crippen LogP contribution is -2.31. The van der Waals surface area contributed by atoms with Crippen LogP contribution in [0.25, 0.3) is 0 Å². The minimum atomic E-state index is 0. The van der Waals surface area contributed by atoms with E-state index in [4.69, 9.17) is 11.5 Å². The lowest BCUT2D eigenvalue weighted by Gasteiger charge is -2.02. The smallest absolute Gasteiger partial charge is 0.0191 e. The Labute approximate surface area is 68.2 Å². The van der Waals surface area contributed by atoms with Crippen LogP contribution in [-0.4, -0.2) is 12.6 Å². The van der Waals surface area contributed by atoms with E-state index in [0.717, 1.165) is 5.92 Å². The molecule has 1 fully saturated rings. The first-order valence-corrected chi connectivity index (χ1v) is 2.80. The van der Waals surface area contributed by atoms with Gasteiger partial charge in [0.25, 0.3) is 0 Å². The second-order valence-electron chi connectivity index (χ2n) is 2.24. The molecule has 0 bridgehead atoms. The number of rotatable bonds is 2. The molecule has 58 valence electrons. The van der Waals surface area contributed by atoms with Gasteiger partial charge in [0, 0.05) is 12.6 Å². The number of halogens is 2. The predicted molar refractivity (Wildman–Crippen MR) is 44.2 cm³/mol. The normalized spacial score (nSPS) is 19.3. The van der Waals surface area contributed by atoms with E-state index in [0.29, 0.717) is 12.6 Å². The SMILES string of the molecule is Cl.Cl.NCC(N)C1CC1. The Morgan fingerprint density at radius 3 is 1.89 bits per heavy atom. The zero-order valence-electron chi connectivity index (χ0n) is 5.25. The third kappa shape index (κ3) is 3.98. The van der Waals surface area contributed by atoms with Crippen LogP contribution in [0.2, 0.25) is 0 Å². The molecule has 0 saturated heterocycles. The third-order valence-electron chi connectivity index (χ3n) is 1.50. The predicted octanol–water partition coefficient (Wildman–Crippen LogP) is 0.526. The van der Waals surface area contributed by atoms with Crippen molar-refractivity contribution in [3.8, 4) is 0 Å².